The van der Waals surface area contributed by atoms with Crippen molar-refractivity contribution in [3.63, 3.8) is 0 Å². The highest BCUT2D eigenvalue weighted by Crippen LogP contribution is 2.31. The molecule has 1 aromatic carbocycles. The number of benzene rings is 1. The van der Waals surface area contributed by atoms with Gasteiger partial charge < -0.3 is 170 Å². The van der Waals surface area contributed by atoms with E-state index in [0.717, 1.165) is 10.9 Å². The topological polar surface area (TPSA) is 896 Å². The predicted octanol–water partition coefficient (Wildman–Crippen LogP) is -6.63. The van der Waals surface area contributed by atoms with E-state index >= 15 is 47.9 Å². The lowest BCUT2D eigenvalue weighted by atomic mass is 9.96. The Kier molecular flexibility index (Phi) is 48.1. The van der Waals surface area contributed by atoms with Crippen molar-refractivity contribution in [2.75, 3.05) is 85.1 Å². The number of rotatable bonds is 59. The van der Waals surface area contributed by atoms with Crippen molar-refractivity contribution in [2.24, 2.45) is 57.7 Å². The van der Waals surface area contributed by atoms with Gasteiger partial charge in [0.25, 0.3) is 0 Å². The minimum atomic E-state index is -1.42. The summed E-state index contributed by atoms with van der Waals surface area (Å²) >= 11 is 0. The second-order valence-electron chi connectivity index (χ2n) is 39.5. The Morgan fingerprint density at radius 3 is 1.01 bits per heavy atom. The molecule has 832 valence electrons. The van der Waals surface area contributed by atoms with Crippen molar-refractivity contribution in [2.45, 2.75) is 311 Å². The number of fused-ring (bicyclic) bond motifs is 1. The Bertz CT molecular complexity index is 5080. The molecule has 6 aliphatic heterocycles. The molecule has 55 nitrogen and oxygen atoms in total. The molecule has 0 bridgehead atoms. The first-order valence-electron chi connectivity index (χ1n) is 52.0. The Labute approximate surface area is 871 Å². The Balaban J connectivity index is 0.970. The third kappa shape index (κ3) is 36.6. The first-order valence-corrected chi connectivity index (χ1v) is 52.0. The number of carboxylic acid groups (broad SMARTS) is 1. The summed E-state index contributed by atoms with van der Waals surface area (Å²) in [5.74, 6) is -15.4. The number of hydrogen-bond acceptors (Lipinski definition) is 24. The van der Waals surface area contributed by atoms with Crippen LogP contribution in [0.25, 0.3) is 10.9 Å². The molecule has 7 heterocycles. The summed E-state index contributed by atoms with van der Waals surface area (Å²) in [5.41, 5.74) is 46.5. The quantitative estimate of drug-likeness (QED) is 0.0166. The highest BCUT2D eigenvalue weighted by molar-refractivity contribution is 6.02. The molecule has 0 unspecified atom stereocenters. The smallest absolute Gasteiger partial charge is 0.326 e. The molecule has 6 saturated heterocycles. The monoisotopic (exact) mass is 2110 g/mol. The van der Waals surface area contributed by atoms with E-state index < -0.39 is 197 Å². The Morgan fingerprint density at radius 2 is 0.640 bits per heavy atom. The van der Waals surface area contributed by atoms with Gasteiger partial charge in [0.2, 0.25) is 88.6 Å². The number of nitrogens with one attached hydrogen (secondary N) is 24. The second-order valence-corrected chi connectivity index (χ2v) is 39.5. The molecular formula is C95H160N38O17. The number of amides is 15. The Hall–Kier alpha value is -14.9. The number of carboxylic acids is 1. The summed E-state index contributed by atoms with van der Waals surface area (Å²) in [6.45, 7) is 8.17. The molecule has 41 N–H and O–H groups in total. The van der Waals surface area contributed by atoms with Crippen molar-refractivity contribution < 1.29 is 81.8 Å². The lowest BCUT2D eigenvalue weighted by Gasteiger charge is -2.34. The molecule has 8 rings (SSSR count). The third-order valence-electron chi connectivity index (χ3n) is 27.8. The van der Waals surface area contributed by atoms with Crippen molar-refractivity contribution in [1.29, 1.82) is 37.9 Å². The lowest BCUT2D eigenvalue weighted by Crippen LogP contribution is -2.61. The zero-order chi connectivity index (χ0) is 110. The van der Waals surface area contributed by atoms with E-state index in [-0.39, 0.29) is 268 Å². The number of hydrogen-bond donors (Lipinski definition) is 33. The van der Waals surface area contributed by atoms with E-state index in [2.05, 4.69) is 90.1 Å². The summed E-state index contributed by atoms with van der Waals surface area (Å²) < 4.78 is 0. The average molecular weight is 2110 g/mol. The van der Waals surface area contributed by atoms with Crippen molar-refractivity contribution in [3.8, 4) is 0 Å². The molecule has 0 radical (unpaired) electrons. The molecule has 0 saturated carbocycles. The maximum atomic E-state index is 15.6. The highest BCUT2D eigenvalue weighted by Gasteiger charge is 2.50. The zero-order valence-corrected chi connectivity index (χ0v) is 86.3. The van der Waals surface area contributed by atoms with Gasteiger partial charge in [-0.3, -0.25) is 110 Å². The molecule has 55 heteroatoms. The van der Waals surface area contributed by atoms with Crippen LogP contribution in [-0.2, 0) is 83.1 Å². The highest BCUT2D eigenvalue weighted by atomic mass is 16.4. The van der Waals surface area contributed by atoms with Crippen LogP contribution in [-0.4, -0.2) is 358 Å². The van der Waals surface area contributed by atoms with Gasteiger partial charge in [-0.05, 0) is 197 Å². The number of nitrogens with zero attached hydrogens (tertiary/aromatic N) is 6. The van der Waals surface area contributed by atoms with Gasteiger partial charge in [0.1, 0.15) is 90.6 Å². The number of aliphatic carboxylic acids is 1. The number of nitrogens with two attached hydrogens (primary N) is 8. The maximum Gasteiger partial charge on any atom is 0.326 e. The van der Waals surface area contributed by atoms with E-state index in [4.69, 9.17) is 83.7 Å². The average Bonchev–Trinajstić information content (AvgIpc) is 1.64. The first kappa shape index (κ1) is 120. The van der Waals surface area contributed by atoms with Crippen LogP contribution < -0.4 is 131 Å². The third-order valence-corrected chi connectivity index (χ3v) is 27.8. The van der Waals surface area contributed by atoms with Gasteiger partial charge in [0.15, 0.2) is 41.7 Å². The molecule has 6 fully saturated rings. The molecule has 1 aromatic heterocycles. The minimum Gasteiger partial charge on any atom is -0.480 e. The molecule has 2 aromatic rings. The first-order chi connectivity index (χ1) is 71.4. The van der Waals surface area contributed by atoms with Crippen molar-refractivity contribution >= 4 is 147 Å². The summed E-state index contributed by atoms with van der Waals surface area (Å²) in [6.07, 6.45) is 5.65. The number of carbonyl (C=O) groups is 16. The molecule has 17 atom stereocenters. The minimum absolute atomic E-state index is 0.00436. The number of aromatic nitrogens is 1. The molecule has 6 aliphatic rings. The number of carbonyl (C=O) groups excluding carboxylic acids is 15. The van der Waals surface area contributed by atoms with Crippen molar-refractivity contribution in [3.05, 3.63) is 36.0 Å². The molecule has 15 amide bonds. The largest absolute Gasteiger partial charge is 0.480 e. The normalized spacial score (nSPS) is 19.5. The van der Waals surface area contributed by atoms with Gasteiger partial charge in [0.05, 0.1) is 6.04 Å². The van der Waals surface area contributed by atoms with Crippen LogP contribution in [0.4, 0.5) is 0 Å². The number of aromatic amines is 1. The second kappa shape index (κ2) is 60.0. The van der Waals surface area contributed by atoms with Crippen LogP contribution >= 0.6 is 0 Å². The van der Waals surface area contributed by atoms with Gasteiger partial charge in [-0.1, -0.05) is 52.3 Å². The predicted molar refractivity (Wildman–Crippen MR) is 556 cm³/mol. The number of H-pyrrole nitrogens is 1. The SMILES string of the molecule is CC[C@H](C)[C@H](NC(=O)[C@H](CCCNC(=N)N)NC(=O)[C@@H](N)CCCNC(=N)N)C(=O)N[C@@H](Cc1c[nH]c2ccccc12)C(=O)N1CCC[C@H]1C(=O)N[C@@H](CCCNC(=N)N)C(=O)N1CCC[C@H]1C(=O)N1CCC[C@H]1C(=O)N[C@@H](CCCNC(=N)N)C(=O)N[C@@H](CC(C)C)C(=O)N1CCC[C@H]1C(=O)N[C@@H](CCCNC(=N)N)C(=O)N1CCC[C@H]1C(=O)N[C@@H](CCCNC(=N)N)C(=O)N1CCC[C@H]1C(=O)N[C@@H](CCCNC(=N)N)C(=O)O. The van der Waals surface area contributed by atoms with Gasteiger partial charge in [0, 0.05) is 109 Å². The van der Waals surface area contributed by atoms with Crippen molar-refractivity contribution in [1.82, 2.24) is 119 Å². The fraction of sp³-hybridized carbons (Fsp3) is 0.674. The van der Waals surface area contributed by atoms with Crippen LogP contribution in [0, 0.1) is 49.7 Å². The van der Waals surface area contributed by atoms with E-state index in [1.165, 1.54) is 29.4 Å². The molecule has 0 spiro atoms. The van der Waals surface area contributed by atoms with E-state index in [1.54, 1.807) is 40.0 Å². The van der Waals surface area contributed by atoms with E-state index in [9.17, 15) is 33.9 Å². The van der Waals surface area contributed by atoms with Gasteiger partial charge in [-0.15, -0.1) is 0 Å². The molecule has 150 heavy (non-hydrogen) atoms. The van der Waals surface area contributed by atoms with Crippen LogP contribution in [0.2, 0.25) is 0 Å². The van der Waals surface area contributed by atoms with Crippen LogP contribution in [0.15, 0.2) is 30.5 Å². The zero-order valence-electron chi connectivity index (χ0n) is 86.3. The maximum absolute atomic E-state index is 15.6. The number of guanidine groups is 7. The fourth-order valence-corrected chi connectivity index (χ4v) is 19.9. The van der Waals surface area contributed by atoms with Gasteiger partial charge >= 0.3 is 5.97 Å². The lowest BCUT2D eigenvalue weighted by molar-refractivity contribution is -0.148. The summed E-state index contributed by atoms with van der Waals surface area (Å²) in [6, 6.07) is -13.1. The van der Waals surface area contributed by atoms with E-state index in [1.807, 2.05) is 18.2 Å². The van der Waals surface area contributed by atoms with Crippen LogP contribution in [0.3, 0.4) is 0 Å². The number of likely N-dealkylation sites (tertiary alicyclic amines) is 6. The summed E-state index contributed by atoms with van der Waals surface area (Å²) in [4.78, 5) is 248. The molecule has 0 aliphatic carbocycles. The van der Waals surface area contributed by atoms with E-state index in [0.29, 0.717) is 56.9 Å². The van der Waals surface area contributed by atoms with Crippen LogP contribution in [0.5, 0.6) is 0 Å². The van der Waals surface area contributed by atoms with Gasteiger partial charge in [-0.25, -0.2) is 4.79 Å². The summed E-state index contributed by atoms with van der Waals surface area (Å²) in [5, 5.41) is 108. The van der Waals surface area contributed by atoms with Crippen LogP contribution in [0.1, 0.15) is 213 Å². The van der Waals surface area contributed by atoms with Gasteiger partial charge in [-0.2, -0.15) is 0 Å². The standard InChI is InChI=1S/C95H160N38O17/c1-5-53(4)72(127-75(136)59(25-10-38-113-91(101)102)119-73(134)56(96)22-8-36-111-89(97)98)81(142)126-65(50-54-51-118-57-23-7-6-21-55(54)57)86(147)131-46-18-32-68(131)79(140)123-62(28-13-41-116-94(107)108)84(145)133-48-20-35-71(133)87(148)132-47-19-34-70(132)76(137)120-58(24-9-37-112-90(99)100)74(135)125-64(49-52(2)3)85(146)130-45-17-31-67(130)78(139)122-60(26-11-39-114-92(103)104)82(143)128-43-15-30-66(128)77(138)121-61(27-12-40-115-93(105)106)83(144)129-44-16-33-69(129)80(141)124-63(88(149)150)29-14-42-117-95(109)110/h6-7,21,23,51-53,56,58-72,118H,5,8-20,22,24-50,96H2,1-4H3,(H,119,134)(H,120,137)(H,121,138)(H,122,139)(H,123,140)(H,124,141)(H,125,135)(H,126,142)(H,127,136)(H,149,150)(H4,97,98,111)(H4,99,100,112)(H4,101,102,113)(H4,103,104,114)(H4,105,106,115)(H4,107,108,116)(H4,109,110,117)/t53-,56-,58-,59-,60-,61-,62-,63-,64-,65-,66-,67-,68-,69-,70-,71-,72-/m0/s1. The summed E-state index contributed by atoms with van der Waals surface area (Å²) in [7, 11) is 0. The molecular weight excluding hydrogens is 1950 g/mol. The Morgan fingerprint density at radius 1 is 0.353 bits per heavy atom. The fourth-order valence-electron chi connectivity index (χ4n) is 19.9. The number of para-hydroxylation sites is 1.